The maximum atomic E-state index is 13.0. The van der Waals surface area contributed by atoms with Crippen molar-refractivity contribution in [2.75, 3.05) is 0 Å². The number of carbonyl (C=O) groups excluding carboxylic acids is 1. The van der Waals surface area contributed by atoms with Crippen LogP contribution in [0.25, 0.3) is 10.9 Å². The molecule has 0 atom stereocenters. The number of hydrogen-bond acceptors (Lipinski definition) is 4. The molecule has 0 radical (unpaired) electrons. The zero-order valence-electron chi connectivity index (χ0n) is 16.3. The molecule has 3 heterocycles. The quantitative estimate of drug-likeness (QED) is 0.855. The van der Waals surface area contributed by atoms with E-state index in [-0.39, 0.29) is 30.0 Å². The molecule has 0 saturated heterocycles. The van der Waals surface area contributed by atoms with E-state index < -0.39 is 5.60 Å². The van der Waals surface area contributed by atoms with Crippen molar-refractivity contribution in [2.45, 2.75) is 83.5 Å². The fourth-order valence-electron chi connectivity index (χ4n) is 4.45. The SMILES string of the molecule is CC(C)c1nn(CC(=O)NC2CC(C)(O)C2)c(=O)c2cc3n(c12)CCCC3. The van der Waals surface area contributed by atoms with Crippen molar-refractivity contribution in [3.8, 4) is 0 Å². The van der Waals surface area contributed by atoms with Gasteiger partial charge in [-0.2, -0.15) is 5.10 Å². The Bertz CT molecular complexity index is 946. The lowest BCUT2D eigenvalue weighted by atomic mass is 9.77. The number of rotatable bonds is 4. The van der Waals surface area contributed by atoms with E-state index in [2.05, 4.69) is 28.8 Å². The van der Waals surface area contributed by atoms with Gasteiger partial charge in [0.2, 0.25) is 5.91 Å². The predicted octanol–water partition coefficient (Wildman–Crippen LogP) is 1.69. The molecule has 0 unspecified atom stereocenters. The first-order chi connectivity index (χ1) is 12.7. The highest BCUT2D eigenvalue weighted by Crippen LogP contribution is 2.31. The number of nitrogens with zero attached hydrogens (tertiary/aromatic N) is 3. The zero-order chi connectivity index (χ0) is 19.3. The summed E-state index contributed by atoms with van der Waals surface area (Å²) in [6, 6.07) is 1.96. The van der Waals surface area contributed by atoms with Crippen LogP contribution in [-0.2, 0) is 24.3 Å². The first kappa shape index (κ1) is 18.2. The van der Waals surface area contributed by atoms with Crippen molar-refractivity contribution in [1.82, 2.24) is 19.7 Å². The number of aliphatic hydroxyl groups is 1. The van der Waals surface area contributed by atoms with Gasteiger partial charge in [0.15, 0.2) is 0 Å². The molecule has 2 aromatic heterocycles. The molecule has 7 heteroatoms. The van der Waals surface area contributed by atoms with Crippen LogP contribution in [0.3, 0.4) is 0 Å². The predicted molar refractivity (Wildman–Crippen MR) is 103 cm³/mol. The van der Waals surface area contributed by atoms with Gasteiger partial charge in [0.25, 0.3) is 5.56 Å². The summed E-state index contributed by atoms with van der Waals surface area (Å²) in [5.41, 5.74) is 2.11. The van der Waals surface area contributed by atoms with Crippen LogP contribution >= 0.6 is 0 Å². The minimum absolute atomic E-state index is 0.0294. The Hall–Kier alpha value is -2.15. The lowest BCUT2D eigenvalue weighted by Gasteiger charge is -2.41. The fraction of sp³-hybridized carbons (Fsp3) is 0.650. The van der Waals surface area contributed by atoms with Crippen LogP contribution < -0.4 is 10.9 Å². The van der Waals surface area contributed by atoms with E-state index in [0.29, 0.717) is 18.2 Å². The summed E-state index contributed by atoms with van der Waals surface area (Å²) in [6.07, 6.45) is 4.33. The first-order valence-corrected chi connectivity index (χ1v) is 9.90. The van der Waals surface area contributed by atoms with E-state index in [1.54, 1.807) is 6.92 Å². The van der Waals surface area contributed by atoms with Gasteiger partial charge in [0, 0.05) is 18.3 Å². The average molecular weight is 372 g/mol. The van der Waals surface area contributed by atoms with Crippen molar-refractivity contribution >= 4 is 16.8 Å². The second kappa shape index (κ2) is 6.48. The summed E-state index contributed by atoms with van der Waals surface area (Å²) in [5.74, 6) is -0.0757. The van der Waals surface area contributed by atoms with Crippen LogP contribution in [0.5, 0.6) is 0 Å². The summed E-state index contributed by atoms with van der Waals surface area (Å²) < 4.78 is 3.54. The van der Waals surface area contributed by atoms with Crippen LogP contribution in [0, 0.1) is 0 Å². The number of fused-ring (bicyclic) bond motifs is 3. The lowest BCUT2D eigenvalue weighted by Crippen LogP contribution is -2.54. The highest BCUT2D eigenvalue weighted by Gasteiger charge is 2.39. The van der Waals surface area contributed by atoms with E-state index in [1.165, 1.54) is 10.4 Å². The minimum atomic E-state index is -0.692. The van der Waals surface area contributed by atoms with Crippen LogP contribution in [0.2, 0.25) is 0 Å². The number of aromatic nitrogens is 3. The molecule has 1 aliphatic carbocycles. The van der Waals surface area contributed by atoms with Gasteiger partial charge in [0.1, 0.15) is 6.54 Å². The smallest absolute Gasteiger partial charge is 0.276 e. The van der Waals surface area contributed by atoms with Gasteiger partial charge < -0.3 is 15.0 Å². The second-order valence-electron chi connectivity index (χ2n) is 8.68. The number of hydrogen-bond donors (Lipinski definition) is 2. The normalized spacial score (nSPS) is 24.7. The second-order valence-corrected chi connectivity index (χ2v) is 8.68. The van der Waals surface area contributed by atoms with Crippen molar-refractivity contribution in [1.29, 1.82) is 0 Å². The van der Waals surface area contributed by atoms with Gasteiger partial charge in [0.05, 0.1) is 22.2 Å². The van der Waals surface area contributed by atoms with Gasteiger partial charge in [-0.1, -0.05) is 13.8 Å². The van der Waals surface area contributed by atoms with Gasteiger partial charge in [-0.15, -0.1) is 0 Å². The number of carbonyl (C=O) groups is 1. The highest BCUT2D eigenvalue weighted by atomic mass is 16.3. The van der Waals surface area contributed by atoms with Crippen LogP contribution in [-0.4, -0.2) is 37.0 Å². The molecule has 0 spiro atoms. The fourth-order valence-corrected chi connectivity index (χ4v) is 4.45. The van der Waals surface area contributed by atoms with Crippen LogP contribution in [0.1, 0.15) is 63.8 Å². The molecule has 27 heavy (non-hydrogen) atoms. The minimum Gasteiger partial charge on any atom is -0.390 e. The number of nitrogens with one attached hydrogen (secondary N) is 1. The van der Waals surface area contributed by atoms with Crippen molar-refractivity contribution in [3.63, 3.8) is 0 Å². The third-order valence-corrected chi connectivity index (χ3v) is 5.76. The maximum Gasteiger partial charge on any atom is 0.276 e. The van der Waals surface area contributed by atoms with Crippen molar-refractivity contribution in [2.24, 2.45) is 0 Å². The Labute approximate surface area is 158 Å². The van der Waals surface area contributed by atoms with E-state index >= 15 is 0 Å². The van der Waals surface area contributed by atoms with E-state index in [4.69, 9.17) is 0 Å². The standard InChI is InChI=1S/C20H28N4O3/c1-12(2)17-18-15(8-14-6-4-5-7-23(14)18)19(26)24(22-17)11-16(25)21-13-9-20(3,27)10-13/h8,12-13,27H,4-7,9-11H2,1-3H3,(H,21,25). The molecule has 2 aliphatic rings. The molecular formula is C20H28N4O3. The molecule has 1 saturated carbocycles. The molecule has 146 valence electrons. The van der Waals surface area contributed by atoms with E-state index in [0.717, 1.165) is 37.0 Å². The summed E-state index contributed by atoms with van der Waals surface area (Å²) in [4.78, 5) is 25.4. The monoisotopic (exact) mass is 372 g/mol. The Kier molecular flexibility index (Phi) is 4.37. The Morgan fingerprint density at radius 1 is 1.41 bits per heavy atom. The molecule has 2 N–H and O–H groups in total. The average Bonchev–Trinajstić information content (AvgIpc) is 2.95. The maximum absolute atomic E-state index is 13.0. The lowest BCUT2D eigenvalue weighted by molar-refractivity contribution is -0.125. The van der Waals surface area contributed by atoms with E-state index in [1.807, 2.05) is 6.07 Å². The third-order valence-electron chi connectivity index (χ3n) is 5.76. The largest absolute Gasteiger partial charge is 0.390 e. The molecule has 7 nitrogen and oxygen atoms in total. The summed E-state index contributed by atoms with van der Waals surface area (Å²) in [7, 11) is 0. The summed E-state index contributed by atoms with van der Waals surface area (Å²) in [5, 5.41) is 17.9. The molecule has 4 rings (SSSR count). The molecule has 0 bridgehead atoms. The van der Waals surface area contributed by atoms with Crippen molar-refractivity contribution in [3.05, 3.63) is 27.8 Å². The highest BCUT2D eigenvalue weighted by molar-refractivity contribution is 5.83. The van der Waals surface area contributed by atoms with Gasteiger partial charge in [-0.3, -0.25) is 9.59 Å². The summed E-state index contributed by atoms with van der Waals surface area (Å²) >= 11 is 0. The van der Waals surface area contributed by atoms with Gasteiger partial charge in [-0.25, -0.2) is 4.68 Å². The molecule has 0 aromatic carbocycles. The first-order valence-electron chi connectivity index (χ1n) is 9.90. The van der Waals surface area contributed by atoms with Crippen molar-refractivity contribution < 1.29 is 9.90 Å². The van der Waals surface area contributed by atoms with Crippen LogP contribution in [0.4, 0.5) is 0 Å². The molecule has 1 amide bonds. The Balaban J connectivity index is 1.66. The number of amides is 1. The topological polar surface area (TPSA) is 89.2 Å². The van der Waals surface area contributed by atoms with E-state index in [9.17, 15) is 14.7 Å². The van der Waals surface area contributed by atoms with Gasteiger partial charge in [-0.05, 0) is 51.0 Å². The third kappa shape index (κ3) is 3.29. The molecular weight excluding hydrogens is 344 g/mol. The molecule has 2 aromatic rings. The summed E-state index contributed by atoms with van der Waals surface area (Å²) in [6.45, 7) is 6.73. The van der Waals surface area contributed by atoms with Crippen LogP contribution in [0.15, 0.2) is 10.9 Å². The van der Waals surface area contributed by atoms with Gasteiger partial charge >= 0.3 is 0 Å². The number of aryl methyl sites for hydroxylation is 2. The Morgan fingerprint density at radius 3 is 2.81 bits per heavy atom. The Morgan fingerprint density at radius 2 is 2.15 bits per heavy atom. The molecule has 1 aliphatic heterocycles. The molecule has 1 fully saturated rings. The zero-order valence-corrected chi connectivity index (χ0v) is 16.3.